The molecule has 3 heterocycles. The molecule has 7 nitrogen and oxygen atoms in total. The van der Waals surface area contributed by atoms with E-state index in [9.17, 15) is 9.90 Å². The molecule has 130 valence electrons. The number of nitrogens with two attached hydrogens (primary N) is 1. The van der Waals surface area contributed by atoms with E-state index in [4.69, 9.17) is 5.73 Å². The number of nitrogens with zero attached hydrogens (tertiary/aromatic N) is 4. The average Bonchev–Trinajstić information content (AvgIpc) is 3.21. The van der Waals surface area contributed by atoms with Gasteiger partial charge >= 0.3 is 0 Å². The molecule has 3 aromatic rings. The monoisotopic (exact) mass is 357 g/mol. The molecule has 1 aromatic carbocycles. The number of aromatic nitrogens is 3. The van der Waals surface area contributed by atoms with Crippen LogP contribution in [0.5, 0.6) is 5.88 Å². The van der Waals surface area contributed by atoms with Crippen molar-refractivity contribution >= 4 is 22.2 Å². The Labute approximate surface area is 148 Å². The van der Waals surface area contributed by atoms with E-state index in [0.717, 1.165) is 36.4 Å². The van der Waals surface area contributed by atoms with Crippen LogP contribution < -0.4 is 5.73 Å². The van der Waals surface area contributed by atoms with Gasteiger partial charge in [-0.3, -0.25) is 9.69 Å². The molecule has 25 heavy (non-hydrogen) atoms. The summed E-state index contributed by atoms with van der Waals surface area (Å²) in [4.78, 5) is 19.4. The van der Waals surface area contributed by atoms with Gasteiger partial charge in [-0.25, -0.2) is 4.98 Å². The fraction of sp³-hybridized carbons (Fsp3) is 0.353. The number of amides is 1. The second-order valence-corrected chi connectivity index (χ2v) is 7.28. The maximum absolute atomic E-state index is 11.5. The molecular formula is C17H19N5O2S. The molecule has 1 atom stereocenters. The van der Waals surface area contributed by atoms with E-state index in [2.05, 4.69) is 27.1 Å². The molecule has 1 fully saturated rings. The van der Waals surface area contributed by atoms with Gasteiger partial charge in [-0.2, -0.15) is 9.61 Å². The first-order valence-electron chi connectivity index (χ1n) is 8.25. The molecule has 0 aliphatic carbocycles. The van der Waals surface area contributed by atoms with Crippen LogP contribution in [0.3, 0.4) is 0 Å². The van der Waals surface area contributed by atoms with Gasteiger partial charge in [-0.1, -0.05) is 41.7 Å². The number of thiazole rings is 1. The lowest BCUT2D eigenvalue weighted by molar-refractivity contribution is -0.123. The van der Waals surface area contributed by atoms with Crippen LogP contribution >= 0.6 is 11.3 Å². The molecule has 0 radical (unpaired) electrons. The van der Waals surface area contributed by atoms with Crippen LogP contribution in [0.25, 0.3) is 4.96 Å². The molecule has 0 unspecified atom stereocenters. The SMILES string of the molecule is NC(=O)C1CCN([C@H](c2ccccc2)c2sc3ncnn3c2O)CC1. The van der Waals surface area contributed by atoms with Gasteiger partial charge in [-0.05, 0) is 31.5 Å². The van der Waals surface area contributed by atoms with Crippen molar-refractivity contribution in [2.75, 3.05) is 13.1 Å². The van der Waals surface area contributed by atoms with Crippen LogP contribution in [0.2, 0.25) is 0 Å². The largest absolute Gasteiger partial charge is 0.492 e. The minimum atomic E-state index is -0.224. The van der Waals surface area contributed by atoms with Crippen molar-refractivity contribution in [2.24, 2.45) is 11.7 Å². The van der Waals surface area contributed by atoms with Crippen molar-refractivity contribution in [3.05, 3.63) is 47.1 Å². The summed E-state index contributed by atoms with van der Waals surface area (Å²) in [6.45, 7) is 1.50. The second-order valence-electron chi connectivity index (χ2n) is 6.27. The van der Waals surface area contributed by atoms with Crippen molar-refractivity contribution < 1.29 is 9.90 Å². The number of fused-ring (bicyclic) bond motifs is 1. The summed E-state index contributed by atoms with van der Waals surface area (Å²) >= 11 is 1.44. The van der Waals surface area contributed by atoms with Crippen LogP contribution in [-0.4, -0.2) is 43.6 Å². The van der Waals surface area contributed by atoms with Crippen molar-refractivity contribution in [2.45, 2.75) is 18.9 Å². The van der Waals surface area contributed by atoms with Crippen LogP contribution in [0.4, 0.5) is 0 Å². The van der Waals surface area contributed by atoms with Gasteiger partial charge in [0.2, 0.25) is 16.7 Å². The number of carbonyl (C=O) groups excluding carboxylic acids is 1. The number of primary amides is 1. The van der Waals surface area contributed by atoms with Gasteiger partial charge < -0.3 is 10.8 Å². The van der Waals surface area contributed by atoms with Gasteiger partial charge in [0.1, 0.15) is 6.33 Å². The lowest BCUT2D eigenvalue weighted by Gasteiger charge is -2.36. The Balaban J connectivity index is 1.72. The highest BCUT2D eigenvalue weighted by atomic mass is 32.1. The molecule has 3 N–H and O–H groups in total. The Bertz CT molecular complexity index is 883. The summed E-state index contributed by atoms with van der Waals surface area (Å²) in [5.41, 5.74) is 6.55. The van der Waals surface area contributed by atoms with Crippen molar-refractivity contribution in [1.82, 2.24) is 19.5 Å². The van der Waals surface area contributed by atoms with E-state index < -0.39 is 0 Å². The van der Waals surface area contributed by atoms with E-state index in [1.165, 1.54) is 22.2 Å². The molecular weight excluding hydrogens is 338 g/mol. The molecule has 2 aromatic heterocycles. The first-order chi connectivity index (χ1) is 12.1. The van der Waals surface area contributed by atoms with E-state index >= 15 is 0 Å². The minimum absolute atomic E-state index is 0.0661. The van der Waals surface area contributed by atoms with E-state index in [1.54, 1.807) is 0 Å². The summed E-state index contributed by atoms with van der Waals surface area (Å²) in [6, 6.07) is 9.98. The fourth-order valence-electron chi connectivity index (χ4n) is 3.48. The van der Waals surface area contributed by atoms with Crippen LogP contribution in [0, 0.1) is 5.92 Å². The number of hydrogen-bond donors (Lipinski definition) is 2. The zero-order valence-corrected chi connectivity index (χ0v) is 14.4. The Morgan fingerprint density at radius 2 is 2.00 bits per heavy atom. The number of hydrogen-bond acceptors (Lipinski definition) is 6. The maximum atomic E-state index is 11.5. The first kappa shape index (κ1) is 16.0. The fourth-order valence-corrected chi connectivity index (χ4v) is 4.57. The second kappa shape index (κ2) is 6.45. The van der Waals surface area contributed by atoms with Crippen molar-refractivity contribution in [3.63, 3.8) is 0 Å². The molecule has 1 saturated heterocycles. The van der Waals surface area contributed by atoms with Gasteiger partial charge in [-0.15, -0.1) is 0 Å². The Morgan fingerprint density at radius 1 is 1.28 bits per heavy atom. The number of aromatic hydroxyl groups is 1. The summed E-state index contributed by atoms with van der Waals surface area (Å²) in [6.07, 6.45) is 2.91. The molecule has 0 bridgehead atoms. The molecule has 1 aliphatic rings. The number of likely N-dealkylation sites (tertiary alicyclic amines) is 1. The highest BCUT2D eigenvalue weighted by molar-refractivity contribution is 7.17. The number of rotatable bonds is 4. The third kappa shape index (κ3) is 2.87. The summed E-state index contributed by atoms with van der Waals surface area (Å²) < 4.78 is 1.46. The number of benzene rings is 1. The lowest BCUT2D eigenvalue weighted by Crippen LogP contribution is -2.40. The Kier molecular flexibility index (Phi) is 4.14. The predicted octanol–water partition coefficient (Wildman–Crippen LogP) is 1.78. The van der Waals surface area contributed by atoms with E-state index in [-0.39, 0.29) is 23.7 Å². The maximum Gasteiger partial charge on any atom is 0.230 e. The number of carbonyl (C=O) groups is 1. The zero-order chi connectivity index (χ0) is 17.4. The van der Waals surface area contributed by atoms with Crippen LogP contribution in [0.1, 0.15) is 29.3 Å². The summed E-state index contributed by atoms with van der Waals surface area (Å²) in [7, 11) is 0. The number of piperidine rings is 1. The Morgan fingerprint density at radius 3 is 2.64 bits per heavy atom. The smallest absolute Gasteiger partial charge is 0.230 e. The molecule has 1 amide bonds. The van der Waals surface area contributed by atoms with Crippen molar-refractivity contribution in [3.8, 4) is 5.88 Å². The van der Waals surface area contributed by atoms with E-state index in [1.807, 2.05) is 18.2 Å². The van der Waals surface area contributed by atoms with E-state index in [0.29, 0.717) is 4.96 Å². The van der Waals surface area contributed by atoms with Gasteiger partial charge in [0.15, 0.2) is 0 Å². The summed E-state index contributed by atoms with van der Waals surface area (Å²) in [5.74, 6) is -0.162. The molecule has 1 aliphatic heterocycles. The first-order valence-corrected chi connectivity index (χ1v) is 9.06. The third-order valence-electron chi connectivity index (χ3n) is 4.80. The van der Waals surface area contributed by atoms with Crippen molar-refractivity contribution in [1.29, 1.82) is 0 Å². The molecule has 8 heteroatoms. The lowest BCUT2D eigenvalue weighted by atomic mass is 9.93. The highest BCUT2D eigenvalue weighted by Crippen LogP contribution is 2.40. The van der Waals surface area contributed by atoms with Crippen LogP contribution in [0.15, 0.2) is 36.7 Å². The summed E-state index contributed by atoms with van der Waals surface area (Å²) in [5, 5.41) is 14.7. The molecule has 4 rings (SSSR count). The average molecular weight is 357 g/mol. The third-order valence-corrected chi connectivity index (χ3v) is 5.89. The van der Waals surface area contributed by atoms with Gasteiger partial charge in [0, 0.05) is 5.92 Å². The molecule has 0 spiro atoms. The predicted molar refractivity (Wildman–Crippen MR) is 94.3 cm³/mol. The van der Waals surface area contributed by atoms with Gasteiger partial charge in [0.05, 0.1) is 10.9 Å². The highest BCUT2D eigenvalue weighted by Gasteiger charge is 2.32. The molecule has 0 saturated carbocycles. The minimum Gasteiger partial charge on any atom is -0.492 e. The normalized spacial score (nSPS) is 17.8. The standard InChI is InChI=1S/C17H19N5O2S/c18-15(23)12-6-8-21(9-7-12)13(11-4-2-1-3-5-11)14-16(24)22-17(25-14)19-10-20-22/h1-5,10,12-13,24H,6-9H2,(H2,18,23)/t13-/m1/s1. The topological polar surface area (TPSA) is 96.8 Å². The zero-order valence-electron chi connectivity index (χ0n) is 13.6. The quantitative estimate of drug-likeness (QED) is 0.742. The Hall–Kier alpha value is -2.45. The van der Waals surface area contributed by atoms with Crippen LogP contribution in [-0.2, 0) is 4.79 Å². The van der Waals surface area contributed by atoms with Gasteiger partial charge in [0.25, 0.3) is 0 Å².